The number of benzene rings is 1. The van der Waals surface area contributed by atoms with Crippen LogP contribution in [-0.2, 0) is 4.74 Å². The summed E-state index contributed by atoms with van der Waals surface area (Å²) in [6.07, 6.45) is 0.831. The summed E-state index contributed by atoms with van der Waals surface area (Å²) in [6, 6.07) is 7.63. The second-order valence-corrected chi connectivity index (χ2v) is 3.38. The Morgan fingerprint density at radius 1 is 1.38 bits per heavy atom. The van der Waals surface area contributed by atoms with Crippen molar-refractivity contribution in [1.82, 2.24) is 0 Å². The van der Waals surface area contributed by atoms with Gasteiger partial charge in [-0.2, -0.15) is 0 Å². The highest BCUT2D eigenvalue weighted by molar-refractivity contribution is 6.30. The van der Waals surface area contributed by atoms with E-state index >= 15 is 0 Å². The monoisotopic (exact) mass is 199 g/mol. The Hall–Kier alpha value is -0.570. The van der Waals surface area contributed by atoms with E-state index in [2.05, 4.69) is 0 Å². The van der Waals surface area contributed by atoms with Gasteiger partial charge in [-0.25, -0.2) is 0 Å². The molecule has 0 aromatic heterocycles. The van der Waals surface area contributed by atoms with Gasteiger partial charge in [0, 0.05) is 24.8 Å². The Morgan fingerprint density at radius 2 is 2.00 bits per heavy atom. The minimum Gasteiger partial charge on any atom is -0.385 e. The molecule has 0 fully saturated rings. The number of rotatable bonds is 4. The highest BCUT2D eigenvalue weighted by Gasteiger charge is 2.04. The first kappa shape index (κ1) is 10.5. The third kappa shape index (κ3) is 3.35. The number of nitrogens with two attached hydrogens (primary N) is 1. The van der Waals surface area contributed by atoms with E-state index in [1.165, 1.54) is 0 Å². The summed E-state index contributed by atoms with van der Waals surface area (Å²) >= 11 is 5.76. The molecule has 0 amide bonds. The molecule has 1 atom stereocenters. The molecule has 0 unspecified atom stereocenters. The predicted molar refractivity (Wildman–Crippen MR) is 54.9 cm³/mol. The number of halogens is 1. The summed E-state index contributed by atoms with van der Waals surface area (Å²) in [5.41, 5.74) is 7.01. The molecule has 0 aliphatic carbocycles. The summed E-state index contributed by atoms with van der Waals surface area (Å²) in [7, 11) is 1.68. The van der Waals surface area contributed by atoms with Crippen LogP contribution in [0.1, 0.15) is 18.0 Å². The van der Waals surface area contributed by atoms with E-state index in [0.29, 0.717) is 6.61 Å². The number of hydrogen-bond acceptors (Lipinski definition) is 2. The standard InChI is InChI=1S/C10H14ClNO/c1-13-7-6-10(12)8-2-4-9(11)5-3-8/h2-5,10H,6-7,12H2,1H3/t10-/m0/s1. The van der Waals surface area contributed by atoms with Crippen molar-refractivity contribution >= 4 is 11.6 Å². The zero-order valence-electron chi connectivity index (χ0n) is 7.66. The van der Waals surface area contributed by atoms with Crippen LogP contribution >= 0.6 is 11.6 Å². The number of ether oxygens (including phenoxy) is 1. The van der Waals surface area contributed by atoms with Gasteiger partial charge in [0.25, 0.3) is 0 Å². The van der Waals surface area contributed by atoms with Gasteiger partial charge in [0.1, 0.15) is 0 Å². The smallest absolute Gasteiger partial charge is 0.0480 e. The zero-order valence-corrected chi connectivity index (χ0v) is 8.42. The Bertz CT molecular complexity index is 248. The fourth-order valence-corrected chi connectivity index (χ4v) is 1.25. The van der Waals surface area contributed by atoms with Gasteiger partial charge in [0.2, 0.25) is 0 Å². The van der Waals surface area contributed by atoms with Crippen LogP contribution in [0, 0.1) is 0 Å². The minimum absolute atomic E-state index is 0.0391. The molecule has 13 heavy (non-hydrogen) atoms. The maximum absolute atomic E-state index is 5.91. The molecule has 0 spiro atoms. The van der Waals surface area contributed by atoms with Crippen molar-refractivity contribution in [2.75, 3.05) is 13.7 Å². The van der Waals surface area contributed by atoms with Crippen LogP contribution in [0.5, 0.6) is 0 Å². The summed E-state index contributed by atoms with van der Waals surface area (Å²) in [5.74, 6) is 0. The maximum atomic E-state index is 5.91. The van der Waals surface area contributed by atoms with Crippen LogP contribution in [0.25, 0.3) is 0 Å². The van der Waals surface area contributed by atoms with E-state index in [0.717, 1.165) is 17.0 Å². The Kier molecular flexibility index (Phi) is 4.22. The second-order valence-electron chi connectivity index (χ2n) is 2.94. The van der Waals surface area contributed by atoms with Crippen LogP contribution in [-0.4, -0.2) is 13.7 Å². The van der Waals surface area contributed by atoms with E-state index in [9.17, 15) is 0 Å². The van der Waals surface area contributed by atoms with Crippen LogP contribution in [0.15, 0.2) is 24.3 Å². The van der Waals surface area contributed by atoms with Crippen molar-refractivity contribution in [2.45, 2.75) is 12.5 Å². The van der Waals surface area contributed by atoms with Gasteiger partial charge in [-0.15, -0.1) is 0 Å². The normalized spacial score (nSPS) is 12.8. The van der Waals surface area contributed by atoms with Gasteiger partial charge in [-0.3, -0.25) is 0 Å². The minimum atomic E-state index is 0.0391. The molecule has 1 aromatic rings. The Balaban J connectivity index is 2.55. The van der Waals surface area contributed by atoms with Gasteiger partial charge < -0.3 is 10.5 Å². The van der Waals surface area contributed by atoms with E-state index in [1.807, 2.05) is 24.3 Å². The molecule has 0 radical (unpaired) electrons. The van der Waals surface area contributed by atoms with Gasteiger partial charge in [-0.05, 0) is 24.1 Å². The van der Waals surface area contributed by atoms with E-state index in [4.69, 9.17) is 22.1 Å². The molecule has 0 saturated carbocycles. The first-order valence-corrected chi connectivity index (χ1v) is 4.62. The largest absolute Gasteiger partial charge is 0.385 e. The third-order valence-corrected chi connectivity index (χ3v) is 2.18. The molecule has 0 bridgehead atoms. The molecule has 0 aliphatic heterocycles. The lowest BCUT2D eigenvalue weighted by molar-refractivity contribution is 0.188. The van der Waals surface area contributed by atoms with E-state index in [1.54, 1.807) is 7.11 Å². The summed E-state index contributed by atoms with van der Waals surface area (Å²) in [6.45, 7) is 0.684. The quantitative estimate of drug-likeness (QED) is 0.808. The van der Waals surface area contributed by atoms with Crippen LogP contribution in [0.4, 0.5) is 0 Å². The first-order valence-electron chi connectivity index (χ1n) is 4.24. The number of hydrogen-bond donors (Lipinski definition) is 1. The van der Waals surface area contributed by atoms with E-state index < -0.39 is 0 Å². The van der Waals surface area contributed by atoms with Gasteiger partial charge >= 0.3 is 0 Å². The van der Waals surface area contributed by atoms with Crippen molar-refractivity contribution < 1.29 is 4.74 Å². The first-order chi connectivity index (χ1) is 6.24. The molecule has 72 valence electrons. The molecule has 2 nitrogen and oxygen atoms in total. The number of methoxy groups -OCH3 is 1. The average Bonchev–Trinajstić information content (AvgIpc) is 2.15. The molecule has 1 aromatic carbocycles. The van der Waals surface area contributed by atoms with Gasteiger partial charge in [0.05, 0.1) is 0 Å². The van der Waals surface area contributed by atoms with Gasteiger partial charge in [-0.1, -0.05) is 23.7 Å². The lowest BCUT2D eigenvalue weighted by Crippen LogP contribution is -2.12. The lowest BCUT2D eigenvalue weighted by atomic mass is 10.1. The molecule has 1 rings (SSSR count). The second kappa shape index (κ2) is 5.22. The van der Waals surface area contributed by atoms with Gasteiger partial charge in [0.15, 0.2) is 0 Å². The zero-order chi connectivity index (χ0) is 9.68. The van der Waals surface area contributed by atoms with Crippen molar-refractivity contribution in [3.8, 4) is 0 Å². The topological polar surface area (TPSA) is 35.2 Å². The third-order valence-electron chi connectivity index (χ3n) is 1.93. The molecule has 3 heteroatoms. The molecule has 0 heterocycles. The molecule has 2 N–H and O–H groups in total. The molecule has 0 aliphatic rings. The Morgan fingerprint density at radius 3 is 2.54 bits per heavy atom. The van der Waals surface area contributed by atoms with Crippen molar-refractivity contribution in [3.05, 3.63) is 34.9 Å². The van der Waals surface area contributed by atoms with Crippen LogP contribution in [0.2, 0.25) is 5.02 Å². The summed E-state index contributed by atoms with van der Waals surface area (Å²) in [5, 5.41) is 0.739. The summed E-state index contributed by atoms with van der Waals surface area (Å²) < 4.78 is 4.95. The fraction of sp³-hybridized carbons (Fsp3) is 0.400. The highest BCUT2D eigenvalue weighted by atomic mass is 35.5. The van der Waals surface area contributed by atoms with E-state index in [-0.39, 0.29) is 6.04 Å². The molecular weight excluding hydrogens is 186 g/mol. The van der Waals surface area contributed by atoms with Crippen LogP contribution < -0.4 is 5.73 Å². The summed E-state index contributed by atoms with van der Waals surface area (Å²) in [4.78, 5) is 0. The lowest BCUT2D eigenvalue weighted by Gasteiger charge is -2.10. The van der Waals surface area contributed by atoms with Crippen LogP contribution in [0.3, 0.4) is 0 Å². The average molecular weight is 200 g/mol. The fourth-order valence-electron chi connectivity index (χ4n) is 1.12. The Labute approximate surface area is 83.6 Å². The predicted octanol–water partition coefficient (Wildman–Crippen LogP) is 2.38. The SMILES string of the molecule is COCC[C@H](N)c1ccc(Cl)cc1. The van der Waals surface area contributed by atoms with Crippen molar-refractivity contribution in [2.24, 2.45) is 5.73 Å². The van der Waals surface area contributed by atoms with Crippen molar-refractivity contribution in [1.29, 1.82) is 0 Å². The molecule has 0 saturated heterocycles. The molecular formula is C10H14ClNO. The van der Waals surface area contributed by atoms with Crippen molar-refractivity contribution in [3.63, 3.8) is 0 Å². The highest BCUT2D eigenvalue weighted by Crippen LogP contribution is 2.16. The maximum Gasteiger partial charge on any atom is 0.0480 e.